The minimum Gasteiger partial charge on any atom is -0.346 e. The van der Waals surface area contributed by atoms with E-state index in [4.69, 9.17) is 0 Å². The zero-order chi connectivity index (χ0) is 16.2. The molecule has 0 saturated heterocycles. The Kier molecular flexibility index (Phi) is 5.07. The maximum atomic E-state index is 12.0. The van der Waals surface area contributed by atoms with Crippen molar-refractivity contribution >= 4 is 17.7 Å². The zero-order valence-corrected chi connectivity index (χ0v) is 12.4. The van der Waals surface area contributed by atoms with E-state index in [9.17, 15) is 18.0 Å². The highest BCUT2D eigenvalue weighted by molar-refractivity contribution is 7.99. The van der Waals surface area contributed by atoms with Crippen LogP contribution in [-0.2, 0) is 4.79 Å². The van der Waals surface area contributed by atoms with Crippen LogP contribution >= 0.6 is 11.8 Å². The Morgan fingerprint density at radius 2 is 1.95 bits per heavy atom. The summed E-state index contributed by atoms with van der Waals surface area (Å²) in [6.07, 6.45) is -4.42. The number of amides is 1. The van der Waals surface area contributed by atoms with E-state index in [0.29, 0.717) is 11.0 Å². The van der Waals surface area contributed by atoms with Crippen LogP contribution in [0.3, 0.4) is 0 Å². The van der Waals surface area contributed by atoms with Crippen molar-refractivity contribution in [2.24, 2.45) is 0 Å². The normalized spacial score (nSPS) is 11.5. The van der Waals surface area contributed by atoms with Gasteiger partial charge >= 0.3 is 6.18 Å². The summed E-state index contributed by atoms with van der Waals surface area (Å²) in [6, 6.07) is 9.26. The van der Waals surface area contributed by atoms with Crippen LogP contribution in [0.4, 0.5) is 13.2 Å². The van der Waals surface area contributed by atoms with E-state index in [1.807, 2.05) is 35.6 Å². The fourth-order valence-corrected chi connectivity index (χ4v) is 2.52. The van der Waals surface area contributed by atoms with Gasteiger partial charge in [0.2, 0.25) is 5.91 Å². The number of rotatable bonds is 5. The molecule has 1 aromatic carbocycles. The molecule has 0 aliphatic carbocycles. The Labute approximate surface area is 128 Å². The molecular weight excluding hydrogens is 317 g/mol. The number of benzene rings is 1. The number of nitrogens with zero attached hydrogens (tertiary/aromatic N) is 3. The third-order valence-corrected chi connectivity index (χ3v) is 3.56. The molecule has 1 N–H and O–H groups in total. The van der Waals surface area contributed by atoms with Gasteiger partial charge in [-0.1, -0.05) is 30.0 Å². The van der Waals surface area contributed by atoms with E-state index in [2.05, 4.69) is 10.2 Å². The molecule has 0 aliphatic heterocycles. The highest BCUT2D eigenvalue weighted by Crippen LogP contribution is 2.21. The number of aromatic nitrogens is 3. The molecule has 0 aliphatic rings. The number of carbonyl (C=O) groups excluding carboxylic acids is 1. The molecule has 5 nitrogen and oxygen atoms in total. The number of hydrogen-bond acceptors (Lipinski definition) is 4. The molecule has 0 atom stereocenters. The van der Waals surface area contributed by atoms with Gasteiger partial charge in [0, 0.05) is 5.69 Å². The Hall–Kier alpha value is -2.03. The minimum absolute atomic E-state index is 0.166. The molecule has 0 fully saturated rings. The van der Waals surface area contributed by atoms with Gasteiger partial charge < -0.3 is 5.32 Å². The number of aryl methyl sites for hydroxylation is 1. The second-order valence-corrected chi connectivity index (χ2v) is 5.32. The minimum atomic E-state index is -4.42. The summed E-state index contributed by atoms with van der Waals surface area (Å²) < 4.78 is 37.8. The monoisotopic (exact) mass is 330 g/mol. The van der Waals surface area contributed by atoms with Gasteiger partial charge in [0.05, 0.1) is 5.75 Å². The van der Waals surface area contributed by atoms with Crippen LogP contribution in [0.2, 0.25) is 0 Å². The predicted molar refractivity (Wildman–Crippen MR) is 75.9 cm³/mol. The Bertz CT molecular complexity index is 642. The lowest BCUT2D eigenvalue weighted by Crippen LogP contribution is -2.34. The molecule has 2 rings (SSSR count). The van der Waals surface area contributed by atoms with Crippen LogP contribution in [0.25, 0.3) is 5.69 Å². The molecule has 0 spiro atoms. The van der Waals surface area contributed by atoms with Gasteiger partial charge in [-0.3, -0.25) is 9.36 Å². The van der Waals surface area contributed by atoms with Crippen molar-refractivity contribution in [1.82, 2.24) is 20.1 Å². The second kappa shape index (κ2) is 6.82. The molecule has 0 unspecified atom stereocenters. The van der Waals surface area contributed by atoms with Crippen LogP contribution in [0, 0.1) is 6.92 Å². The first-order valence-electron chi connectivity index (χ1n) is 6.30. The van der Waals surface area contributed by atoms with Crippen LogP contribution in [0.1, 0.15) is 5.82 Å². The largest absolute Gasteiger partial charge is 0.405 e. The first kappa shape index (κ1) is 16.3. The standard InChI is InChI=1S/C13H13F3N4OS/c1-9-18-19-12(20(9)10-5-3-2-4-6-10)22-7-11(21)17-8-13(14,15)16/h2-6H,7-8H2,1H3,(H,17,21). The summed E-state index contributed by atoms with van der Waals surface area (Å²) in [5.41, 5.74) is 0.822. The molecule has 9 heteroatoms. The van der Waals surface area contributed by atoms with Crippen molar-refractivity contribution in [1.29, 1.82) is 0 Å². The fourth-order valence-electron chi connectivity index (χ4n) is 1.69. The maximum Gasteiger partial charge on any atom is 0.405 e. The third-order valence-electron chi connectivity index (χ3n) is 2.63. The lowest BCUT2D eigenvalue weighted by Gasteiger charge is -2.09. The Morgan fingerprint density at radius 1 is 1.27 bits per heavy atom. The predicted octanol–water partition coefficient (Wildman–Crippen LogP) is 2.35. The number of nitrogens with one attached hydrogen (secondary N) is 1. The molecule has 0 bridgehead atoms. The van der Waals surface area contributed by atoms with Crippen LogP contribution in [0.5, 0.6) is 0 Å². The second-order valence-electron chi connectivity index (χ2n) is 4.38. The average Bonchev–Trinajstić information content (AvgIpc) is 2.84. The van der Waals surface area contributed by atoms with Gasteiger partial charge in [-0.25, -0.2) is 0 Å². The van der Waals surface area contributed by atoms with E-state index in [1.165, 1.54) is 0 Å². The number of carbonyl (C=O) groups is 1. The van der Waals surface area contributed by atoms with E-state index < -0.39 is 18.6 Å². The summed E-state index contributed by atoms with van der Waals surface area (Å²) in [7, 11) is 0. The summed E-state index contributed by atoms with van der Waals surface area (Å²) in [5.74, 6) is -0.242. The lowest BCUT2D eigenvalue weighted by atomic mass is 10.3. The van der Waals surface area contributed by atoms with Crippen molar-refractivity contribution in [3.8, 4) is 5.69 Å². The molecule has 1 heterocycles. The molecule has 2 aromatic rings. The van der Waals surface area contributed by atoms with Crippen molar-refractivity contribution in [2.45, 2.75) is 18.3 Å². The van der Waals surface area contributed by atoms with E-state index in [0.717, 1.165) is 17.4 Å². The van der Waals surface area contributed by atoms with Crippen molar-refractivity contribution in [3.63, 3.8) is 0 Å². The van der Waals surface area contributed by atoms with Crippen molar-refractivity contribution in [3.05, 3.63) is 36.2 Å². The highest BCUT2D eigenvalue weighted by atomic mass is 32.2. The Morgan fingerprint density at radius 3 is 2.59 bits per heavy atom. The van der Waals surface area contributed by atoms with E-state index >= 15 is 0 Å². The lowest BCUT2D eigenvalue weighted by molar-refractivity contribution is -0.136. The highest BCUT2D eigenvalue weighted by Gasteiger charge is 2.27. The van der Waals surface area contributed by atoms with Gasteiger partial charge in [0.1, 0.15) is 12.4 Å². The van der Waals surface area contributed by atoms with Crippen LogP contribution < -0.4 is 5.32 Å². The topological polar surface area (TPSA) is 59.8 Å². The van der Waals surface area contributed by atoms with E-state index in [1.54, 1.807) is 11.5 Å². The van der Waals surface area contributed by atoms with Crippen molar-refractivity contribution in [2.75, 3.05) is 12.3 Å². The summed E-state index contributed by atoms with van der Waals surface area (Å²) >= 11 is 1.03. The van der Waals surface area contributed by atoms with Crippen LogP contribution in [0.15, 0.2) is 35.5 Å². The fraction of sp³-hybridized carbons (Fsp3) is 0.308. The zero-order valence-electron chi connectivity index (χ0n) is 11.6. The SMILES string of the molecule is Cc1nnc(SCC(=O)NCC(F)(F)F)n1-c1ccccc1. The van der Waals surface area contributed by atoms with Gasteiger partial charge in [-0.2, -0.15) is 13.2 Å². The van der Waals surface area contributed by atoms with Crippen molar-refractivity contribution < 1.29 is 18.0 Å². The number of para-hydroxylation sites is 1. The van der Waals surface area contributed by atoms with Gasteiger partial charge in [0.15, 0.2) is 5.16 Å². The molecule has 22 heavy (non-hydrogen) atoms. The quantitative estimate of drug-likeness (QED) is 0.855. The molecule has 1 amide bonds. The van der Waals surface area contributed by atoms with Gasteiger partial charge in [-0.05, 0) is 19.1 Å². The van der Waals surface area contributed by atoms with Gasteiger partial charge in [0.25, 0.3) is 0 Å². The summed E-state index contributed by atoms with van der Waals surface area (Å²) in [6.45, 7) is 0.421. The first-order chi connectivity index (χ1) is 10.4. The smallest absolute Gasteiger partial charge is 0.346 e. The molecule has 0 radical (unpaired) electrons. The molecule has 0 saturated carbocycles. The van der Waals surface area contributed by atoms with Gasteiger partial charge in [-0.15, -0.1) is 10.2 Å². The number of alkyl halides is 3. The van der Waals surface area contributed by atoms with E-state index in [-0.39, 0.29) is 5.75 Å². The molecule has 118 valence electrons. The molecular formula is C13H13F3N4OS. The number of hydrogen-bond donors (Lipinski definition) is 1. The summed E-state index contributed by atoms with van der Waals surface area (Å²) in [4.78, 5) is 11.4. The molecule has 1 aromatic heterocycles. The number of thioether (sulfide) groups is 1. The maximum absolute atomic E-state index is 12.0. The van der Waals surface area contributed by atoms with Crippen LogP contribution in [-0.4, -0.2) is 39.1 Å². The summed E-state index contributed by atoms with van der Waals surface area (Å²) in [5, 5.41) is 10.1. The Balaban J connectivity index is 2.01. The third kappa shape index (κ3) is 4.48. The first-order valence-corrected chi connectivity index (χ1v) is 7.29. The number of halogens is 3. The average molecular weight is 330 g/mol.